The standard InChI is InChI=1S/C12H17BrFNO/c1-3-12(2,7-15)11(16)9-5-4-8(14)6-10(9)13/h4-6,11,16H,3,7,15H2,1-2H3. The average Bonchev–Trinajstić information content (AvgIpc) is 2.27. The highest BCUT2D eigenvalue weighted by Gasteiger charge is 2.32. The maximum atomic E-state index is 12.9. The SMILES string of the molecule is CCC(C)(CN)C(O)c1ccc(F)cc1Br. The first kappa shape index (κ1) is 13.6. The molecular weight excluding hydrogens is 273 g/mol. The minimum Gasteiger partial charge on any atom is -0.388 e. The van der Waals surface area contributed by atoms with Crippen LogP contribution in [0.1, 0.15) is 31.9 Å². The molecule has 0 aromatic heterocycles. The summed E-state index contributed by atoms with van der Waals surface area (Å²) in [5.41, 5.74) is 5.97. The van der Waals surface area contributed by atoms with E-state index in [4.69, 9.17) is 5.73 Å². The van der Waals surface area contributed by atoms with E-state index in [1.807, 2.05) is 13.8 Å². The molecule has 0 spiro atoms. The number of rotatable bonds is 4. The van der Waals surface area contributed by atoms with E-state index in [0.717, 1.165) is 6.42 Å². The first-order valence-corrected chi connectivity index (χ1v) is 6.07. The van der Waals surface area contributed by atoms with E-state index in [1.165, 1.54) is 12.1 Å². The normalized spacial score (nSPS) is 16.9. The fourth-order valence-electron chi connectivity index (χ4n) is 1.55. The number of nitrogens with two attached hydrogens (primary N) is 1. The molecule has 1 aromatic rings. The zero-order valence-electron chi connectivity index (χ0n) is 9.50. The van der Waals surface area contributed by atoms with Gasteiger partial charge >= 0.3 is 0 Å². The Balaban J connectivity index is 3.08. The maximum absolute atomic E-state index is 12.9. The van der Waals surface area contributed by atoms with Gasteiger partial charge in [-0.25, -0.2) is 4.39 Å². The van der Waals surface area contributed by atoms with E-state index in [1.54, 1.807) is 6.07 Å². The molecule has 90 valence electrons. The Kier molecular flexibility index (Phi) is 4.47. The van der Waals surface area contributed by atoms with Gasteiger partial charge in [-0.05, 0) is 24.1 Å². The lowest BCUT2D eigenvalue weighted by Gasteiger charge is -2.33. The highest BCUT2D eigenvalue weighted by atomic mass is 79.9. The van der Waals surface area contributed by atoms with Crippen LogP contribution in [0, 0.1) is 11.2 Å². The van der Waals surface area contributed by atoms with Gasteiger partial charge < -0.3 is 10.8 Å². The molecule has 2 unspecified atom stereocenters. The summed E-state index contributed by atoms with van der Waals surface area (Å²) in [6, 6.07) is 4.29. The van der Waals surface area contributed by atoms with Crippen molar-refractivity contribution in [1.82, 2.24) is 0 Å². The minimum atomic E-state index is -0.697. The Bertz CT molecular complexity index is 366. The summed E-state index contributed by atoms with van der Waals surface area (Å²) >= 11 is 3.26. The van der Waals surface area contributed by atoms with Gasteiger partial charge in [-0.3, -0.25) is 0 Å². The molecule has 0 aliphatic heterocycles. The lowest BCUT2D eigenvalue weighted by Crippen LogP contribution is -2.33. The molecule has 0 aliphatic carbocycles. The van der Waals surface area contributed by atoms with Crippen molar-refractivity contribution in [1.29, 1.82) is 0 Å². The number of benzene rings is 1. The van der Waals surface area contributed by atoms with Gasteiger partial charge in [-0.2, -0.15) is 0 Å². The molecule has 16 heavy (non-hydrogen) atoms. The number of hydrogen-bond acceptors (Lipinski definition) is 2. The lowest BCUT2D eigenvalue weighted by atomic mass is 9.78. The number of aliphatic hydroxyl groups excluding tert-OH is 1. The van der Waals surface area contributed by atoms with Crippen LogP contribution in [0.5, 0.6) is 0 Å². The summed E-state index contributed by atoms with van der Waals surface area (Å²) in [6.07, 6.45) is 0.0616. The molecular formula is C12H17BrFNO. The van der Waals surface area contributed by atoms with Gasteiger partial charge in [-0.1, -0.05) is 35.8 Å². The molecule has 0 saturated carbocycles. The fourth-order valence-corrected chi connectivity index (χ4v) is 2.12. The monoisotopic (exact) mass is 289 g/mol. The minimum absolute atomic E-state index is 0.325. The second-order valence-electron chi connectivity index (χ2n) is 4.28. The molecule has 0 heterocycles. The first-order chi connectivity index (χ1) is 7.44. The highest BCUT2D eigenvalue weighted by Crippen LogP contribution is 2.38. The second kappa shape index (κ2) is 5.25. The quantitative estimate of drug-likeness (QED) is 0.895. The maximum Gasteiger partial charge on any atom is 0.124 e. The van der Waals surface area contributed by atoms with E-state index in [-0.39, 0.29) is 11.2 Å². The van der Waals surface area contributed by atoms with Gasteiger partial charge in [0.25, 0.3) is 0 Å². The molecule has 0 aliphatic rings. The number of hydrogen-bond donors (Lipinski definition) is 2. The Morgan fingerprint density at radius 2 is 2.19 bits per heavy atom. The van der Waals surface area contributed by atoms with Crippen molar-refractivity contribution < 1.29 is 9.50 Å². The molecule has 3 N–H and O–H groups in total. The van der Waals surface area contributed by atoms with E-state index < -0.39 is 6.10 Å². The molecule has 0 fully saturated rings. The van der Waals surface area contributed by atoms with Crippen LogP contribution in [-0.2, 0) is 0 Å². The van der Waals surface area contributed by atoms with Crippen molar-refractivity contribution in [3.8, 4) is 0 Å². The Morgan fingerprint density at radius 3 is 2.62 bits per heavy atom. The van der Waals surface area contributed by atoms with Crippen LogP contribution in [0.3, 0.4) is 0 Å². The predicted octanol–water partition coefficient (Wildman–Crippen LogP) is 3.00. The summed E-state index contributed by atoms with van der Waals surface area (Å²) < 4.78 is 13.5. The largest absolute Gasteiger partial charge is 0.388 e. The first-order valence-electron chi connectivity index (χ1n) is 5.27. The molecule has 4 heteroatoms. The zero-order valence-corrected chi connectivity index (χ0v) is 11.1. The third kappa shape index (κ3) is 2.62. The van der Waals surface area contributed by atoms with Crippen molar-refractivity contribution >= 4 is 15.9 Å². The van der Waals surface area contributed by atoms with E-state index in [0.29, 0.717) is 16.6 Å². The molecule has 2 nitrogen and oxygen atoms in total. The average molecular weight is 290 g/mol. The van der Waals surface area contributed by atoms with Gasteiger partial charge in [0.1, 0.15) is 5.82 Å². The fraction of sp³-hybridized carbons (Fsp3) is 0.500. The lowest BCUT2D eigenvalue weighted by molar-refractivity contribution is 0.0385. The summed E-state index contributed by atoms with van der Waals surface area (Å²) in [6.45, 7) is 4.29. The Labute approximate surface area is 104 Å². The van der Waals surface area contributed by atoms with Crippen LogP contribution in [-0.4, -0.2) is 11.7 Å². The van der Waals surface area contributed by atoms with E-state index in [9.17, 15) is 9.50 Å². The van der Waals surface area contributed by atoms with Crippen LogP contribution in [0.4, 0.5) is 4.39 Å². The van der Waals surface area contributed by atoms with Crippen molar-refractivity contribution in [2.24, 2.45) is 11.1 Å². The molecule has 1 aromatic carbocycles. The summed E-state index contributed by atoms with van der Waals surface area (Å²) in [7, 11) is 0. The molecule has 0 bridgehead atoms. The van der Waals surface area contributed by atoms with Crippen LogP contribution in [0.25, 0.3) is 0 Å². The van der Waals surface area contributed by atoms with Crippen molar-refractivity contribution in [3.63, 3.8) is 0 Å². The summed E-state index contributed by atoms with van der Waals surface area (Å²) in [4.78, 5) is 0. The molecule has 2 atom stereocenters. The Morgan fingerprint density at radius 1 is 1.56 bits per heavy atom. The zero-order chi connectivity index (χ0) is 12.3. The predicted molar refractivity (Wildman–Crippen MR) is 66.5 cm³/mol. The van der Waals surface area contributed by atoms with E-state index in [2.05, 4.69) is 15.9 Å². The summed E-state index contributed by atoms with van der Waals surface area (Å²) in [5, 5.41) is 10.3. The number of aliphatic hydroxyl groups is 1. The van der Waals surface area contributed by atoms with E-state index >= 15 is 0 Å². The van der Waals surface area contributed by atoms with Gasteiger partial charge in [0, 0.05) is 16.4 Å². The second-order valence-corrected chi connectivity index (χ2v) is 5.13. The van der Waals surface area contributed by atoms with Gasteiger partial charge in [0.15, 0.2) is 0 Å². The van der Waals surface area contributed by atoms with Crippen LogP contribution in [0.2, 0.25) is 0 Å². The highest BCUT2D eigenvalue weighted by molar-refractivity contribution is 9.10. The van der Waals surface area contributed by atoms with Gasteiger partial charge in [0.2, 0.25) is 0 Å². The van der Waals surface area contributed by atoms with Crippen molar-refractivity contribution in [2.45, 2.75) is 26.4 Å². The van der Waals surface area contributed by atoms with Crippen molar-refractivity contribution in [2.75, 3.05) is 6.54 Å². The summed E-state index contributed by atoms with van der Waals surface area (Å²) in [5.74, 6) is -0.325. The molecule has 0 saturated heterocycles. The van der Waals surface area contributed by atoms with Crippen LogP contribution < -0.4 is 5.73 Å². The molecule has 0 radical (unpaired) electrons. The molecule has 1 rings (SSSR count). The van der Waals surface area contributed by atoms with Crippen LogP contribution in [0.15, 0.2) is 22.7 Å². The third-order valence-electron chi connectivity index (χ3n) is 3.19. The van der Waals surface area contributed by atoms with Crippen LogP contribution >= 0.6 is 15.9 Å². The smallest absolute Gasteiger partial charge is 0.124 e. The van der Waals surface area contributed by atoms with Gasteiger partial charge in [0.05, 0.1) is 6.10 Å². The Hall–Kier alpha value is -0.450. The topological polar surface area (TPSA) is 46.2 Å². The number of halogens is 2. The van der Waals surface area contributed by atoms with Crippen molar-refractivity contribution in [3.05, 3.63) is 34.1 Å². The van der Waals surface area contributed by atoms with Gasteiger partial charge in [-0.15, -0.1) is 0 Å². The third-order valence-corrected chi connectivity index (χ3v) is 3.88. The molecule has 0 amide bonds.